The number of aryl methyl sites for hydroxylation is 2. The second kappa shape index (κ2) is 9.78. The Morgan fingerprint density at radius 2 is 1.81 bits per heavy atom. The fraction of sp³-hybridized carbons (Fsp3) is 0.519. The third-order valence-corrected chi connectivity index (χ3v) is 7.05. The van der Waals surface area contributed by atoms with E-state index in [1.807, 2.05) is 0 Å². The van der Waals surface area contributed by atoms with Crippen molar-refractivity contribution in [1.82, 2.24) is 5.32 Å². The number of halogens is 3. The molecular formula is C27H32F3NO. The molecule has 1 unspecified atom stereocenters. The van der Waals surface area contributed by atoms with Crippen LogP contribution in [0.3, 0.4) is 0 Å². The summed E-state index contributed by atoms with van der Waals surface area (Å²) in [5, 5.41) is 3.56. The maximum absolute atomic E-state index is 13.2. The van der Waals surface area contributed by atoms with Crippen LogP contribution < -0.4 is 5.32 Å². The molecule has 1 heterocycles. The molecule has 2 fully saturated rings. The van der Waals surface area contributed by atoms with Crippen LogP contribution in [0.5, 0.6) is 0 Å². The molecule has 172 valence electrons. The molecule has 2 aromatic carbocycles. The van der Waals surface area contributed by atoms with Crippen LogP contribution in [0.1, 0.15) is 83.5 Å². The van der Waals surface area contributed by atoms with Crippen LogP contribution in [-0.2, 0) is 12.6 Å². The molecule has 1 aliphatic heterocycles. The molecule has 1 saturated carbocycles. The Kier molecular flexibility index (Phi) is 7.04. The Morgan fingerprint density at radius 3 is 2.44 bits per heavy atom. The van der Waals surface area contributed by atoms with E-state index in [1.165, 1.54) is 30.9 Å². The van der Waals surface area contributed by atoms with E-state index >= 15 is 0 Å². The fourth-order valence-electron chi connectivity index (χ4n) is 4.83. The third-order valence-electron chi connectivity index (χ3n) is 7.05. The predicted octanol–water partition coefficient (Wildman–Crippen LogP) is 6.86. The summed E-state index contributed by atoms with van der Waals surface area (Å²) in [5.74, 6) is 0.625. The Labute approximate surface area is 188 Å². The number of alkyl halides is 3. The SMILES string of the molecule is Cc1ccc(C(F)(F)F)cc1C(=O)C[C@H](c1ccc(CCC2CC2)cc1)C1CCCCN1. The van der Waals surface area contributed by atoms with Gasteiger partial charge in [0.1, 0.15) is 0 Å². The highest BCUT2D eigenvalue weighted by Crippen LogP contribution is 2.35. The molecule has 32 heavy (non-hydrogen) atoms. The van der Waals surface area contributed by atoms with E-state index in [-0.39, 0.29) is 29.7 Å². The van der Waals surface area contributed by atoms with Gasteiger partial charge in [-0.3, -0.25) is 4.79 Å². The normalized spacial score (nSPS) is 20.2. The Morgan fingerprint density at radius 1 is 1.06 bits per heavy atom. The molecule has 2 nitrogen and oxygen atoms in total. The topological polar surface area (TPSA) is 29.1 Å². The number of rotatable bonds is 8. The zero-order chi connectivity index (χ0) is 22.7. The van der Waals surface area contributed by atoms with Crippen LogP contribution in [0.4, 0.5) is 13.2 Å². The second-order valence-electron chi connectivity index (χ2n) is 9.54. The van der Waals surface area contributed by atoms with Crippen molar-refractivity contribution >= 4 is 5.78 Å². The summed E-state index contributed by atoms with van der Waals surface area (Å²) < 4.78 is 39.6. The maximum Gasteiger partial charge on any atom is 0.416 e. The van der Waals surface area contributed by atoms with Gasteiger partial charge >= 0.3 is 6.18 Å². The monoisotopic (exact) mass is 443 g/mol. The lowest BCUT2D eigenvalue weighted by Gasteiger charge is -2.32. The highest BCUT2D eigenvalue weighted by Gasteiger charge is 2.33. The molecule has 5 heteroatoms. The average Bonchev–Trinajstić information content (AvgIpc) is 3.61. The summed E-state index contributed by atoms with van der Waals surface area (Å²) >= 11 is 0. The quantitative estimate of drug-likeness (QED) is 0.452. The van der Waals surface area contributed by atoms with E-state index in [9.17, 15) is 18.0 Å². The van der Waals surface area contributed by atoms with Crippen LogP contribution in [0.25, 0.3) is 0 Å². The smallest absolute Gasteiger partial charge is 0.313 e. The molecule has 0 radical (unpaired) electrons. The number of nitrogens with one attached hydrogen (secondary N) is 1. The van der Waals surface area contributed by atoms with Crippen molar-refractivity contribution < 1.29 is 18.0 Å². The van der Waals surface area contributed by atoms with E-state index in [0.717, 1.165) is 55.8 Å². The molecule has 1 aliphatic carbocycles. The first-order chi connectivity index (χ1) is 15.3. The van der Waals surface area contributed by atoms with Gasteiger partial charge in [0.25, 0.3) is 0 Å². The molecule has 2 aliphatic rings. The van der Waals surface area contributed by atoms with Gasteiger partial charge < -0.3 is 5.32 Å². The number of carbonyl (C=O) groups excluding carboxylic acids is 1. The van der Waals surface area contributed by atoms with Gasteiger partial charge in [-0.2, -0.15) is 13.2 Å². The van der Waals surface area contributed by atoms with Gasteiger partial charge in [0.15, 0.2) is 5.78 Å². The summed E-state index contributed by atoms with van der Waals surface area (Å²) in [6, 6.07) is 12.2. The molecule has 0 aromatic heterocycles. The summed E-state index contributed by atoms with van der Waals surface area (Å²) in [5.41, 5.74) is 2.42. The van der Waals surface area contributed by atoms with Gasteiger partial charge in [-0.1, -0.05) is 49.6 Å². The predicted molar refractivity (Wildman–Crippen MR) is 121 cm³/mol. The van der Waals surface area contributed by atoms with Crippen LogP contribution >= 0.6 is 0 Å². The minimum absolute atomic E-state index is 0.0470. The zero-order valence-electron chi connectivity index (χ0n) is 18.7. The van der Waals surface area contributed by atoms with E-state index in [0.29, 0.717) is 5.56 Å². The first-order valence-corrected chi connectivity index (χ1v) is 11.8. The molecule has 0 bridgehead atoms. The van der Waals surface area contributed by atoms with Crippen LogP contribution in [0.2, 0.25) is 0 Å². The van der Waals surface area contributed by atoms with E-state index in [1.54, 1.807) is 6.92 Å². The van der Waals surface area contributed by atoms with E-state index in [4.69, 9.17) is 0 Å². The molecule has 0 amide bonds. The van der Waals surface area contributed by atoms with Crippen molar-refractivity contribution in [1.29, 1.82) is 0 Å². The van der Waals surface area contributed by atoms with Crippen molar-refractivity contribution in [3.63, 3.8) is 0 Å². The average molecular weight is 444 g/mol. The summed E-state index contributed by atoms with van der Waals surface area (Å²) in [7, 11) is 0. The Balaban J connectivity index is 1.55. The lowest BCUT2D eigenvalue weighted by atomic mass is 9.81. The van der Waals surface area contributed by atoms with Gasteiger partial charge in [-0.25, -0.2) is 0 Å². The molecule has 0 spiro atoms. The van der Waals surface area contributed by atoms with Crippen molar-refractivity contribution in [2.45, 2.75) is 76.4 Å². The maximum atomic E-state index is 13.2. The minimum Gasteiger partial charge on any atom is -0.313 e. The first kappa shape index (κ1) is 23.0. The standard InChI is InChI=1S/C27H32F3NO/c1-18-5-14-22(27(28,29)30)16-23(18)26(32)17-24(25-4-2-3-15-31-25)21-12-10-20(11-13-21)9-8-19-6-7-19/h5,10-14,16,19,24-25,31H,2-4,6-9,15,17H2,1H3/t24-,25?/m1/s1. The highest BCUT2D eigenvalue weighted by atomic mass is 19.4. The molecule has 2 aromatic rings. The largest absolute Gasteiger partial charge is 0.416 e. The molecule has 1 N–H and O–H groups in total. The number of carbonyl (C=O) groups is 1. The molecule has 1 saturated heterocycles. The summed E-state index contributed by atoms with van der Waals surface area (Å²) in [6.45, 7) is 2.62. The molecule has 4 rings (SSSR count). The van der Waals surface area contributed by atoms with Crippen molar-refractivity contribution in [3.8, 4) is 0 Å². The van der Waals surface area contributed by atoms with Crippen molar-refractivity contribution in [2.24, 2.45) is 5.92 Å². The summed E-state index contributed by atoms with van der Waals surface area (Å²) in [6.07, 6.45) is 3.97. The number of piperidine rings is 1. The number of ketones is 1. The van der Waals surface area contributed by atoms with Gasteiger partial charge in [0, 0.05) is 23.9 Å². The van der Waals surface area contributed by atoms with Gasteiger partial charge in [-0.05, 0) is 73.9 Å². The van der Waals surface area contributed by atoms with Crippen LogP contribution in [0.15, 0.2) is 42.5 Å². The van der Waals surface area contributed by atoms with E-state index < -0.39 is 11.7 Å². The molecule has 2 atom stereocenters. The number of hydrogen-bond acceptors (Lipinski definition) is 2. The number of benzene rings is 2. The third kappa shape index (κ3) is 5.80. The number of Topliss-reactive ketones (excluding diaryl/α,β-unsaturated/α-hetero) is 1. The fourth-order valence-corrected chi connectivity index (χ4v) is 4.83. The molecular weight excluding hydrogens is 411 g/mol. The highest BCUT2D eigenvalue weighted by molar-refractivity contribution is 5.98. The minimum atomic E-state index is -4.46. The van der Waals surface area contributed by atoms with E-state index in [2.05, 4.69) is 29.6 Å². The first-order valence-electron chi connectivity index (χ1n) is 11.8. The lowest BCUT2D eigenvalue weighted by Crippen LogP contribution is -2.39. The Bertz CT molecular complexity index is 925. The number of hydrogen-bond donors (Lipinski definition) is 1. The second-order valence-corrected chi connectivity index (χ2v) is 9.54. The van der Waals surface area contributed by atoms with Crippen LogP contribution in [0, 0.1) is 12.8 Å². The summed E-state index contributed by atoms with van der Waals surface area (Å²) in [4.78, 5) is 13.2. The van der Waals surface area contributed by atoms with Crippen molar-refractivity contribution in [3.05, 3.63) is 70.3 Å². The Hall–Kier alpha value is -2.14. The van der Waals surface area contributed by atoms with Gasteiger partial charge in [-0.15, -0.1) is 0 Å². The van der Waals surface area contributed by atoms with Crippen LogP contribution in [-0.4, -0.2) is 18.4 Å². The van der Waals surface area contributed by atoms with Crippen molar-refractivity contribution in [2.75, 3.05) is 6.54 Å². The zero-order valence-corrected chi connectivity index (χ0v) is 18.7. The van der Waals surface area contributed by atoms with Gasteiger partial charge in [0.05, 0.1) is 5.56 Å². The van der Waals surface area contributed by atoms with Gasteiger partial charge in [0.2, 0.25) is 0 Å². The lowest BCUT2D eigenvalue weighted by molar-refractivity contribution is -0.137.